The van der Waals surface area contributed by atoms with Crippen molar-refractivity contribution in [3.8, 4) is 0 Å². The second kappa shape index (κ2) is 7.66. The van der Waals surface area contributed by atoms with Crippen molar-refractivity contribution in [1.29, 1.82) is 0 Å². The number of piperidine rings is 1. The van der Waals surface area contributed by atoms with Gasteiger partial charge in [0.1, 0.15) is 0 Å². The van der Waals surface area contributed by atoms with Gasteiger partial charge >= 0.3 is 6.18 Å². The molecule has 1 aliphatic rings. The number of hydrogen-bond donors (Lipinski definition) is 1. The molecule has 0 aliphatic carbocycles. The van der Waals surface area contributed by atoms with E-state index in [0.717, 1.165) is 25.7 Å². The highest BCUT2D eigenvalue weighted by molar-refractivity contribution is 7.09. The van der Waals surface area contributed by atoms with Crippen LogP contribution in [0.4, 0.5) is 13.2 Å². The number of likely N-dealkylation sites (tertiary alicyclic amines) is 1. The summed E-state index contributed by atoms with van der Waals surface area (Å²) in [5.74, 6) is -0.106. The second-order valence-corrected chi connectivity index (χ2v) is 7.08. The summed E-state index contributed by atoms with van der Waals surface area (Å²) >= 11 is 1.72. The van der Waals surface area contributed by atoms with Crippen molar-refractivity contribution in [3.05, 3.63) is 22.4 Å². The molecule has 130 valence electrons. The number of unbranched alkanes of at least 4 members (excludes halogenated alkanes) is 2. The molecule has 0 spiro atoms. The lowest BCUT2D eigenvalue weighted by Crippen LogP contribution is -2.54. The van der Waals surface area contributed by atoms with Crippen LogP contribution in [0.5, 0.6) is 0 Å². The third kappa shape index (κ3) is 4.94. The number of nitrogens with zero attached hydrogens (tertiary/aromatic N) is 1. The topological polar surface area (TPSA) is 40.5 Å². The van der Waals surface area contributed by atoms with Crippen LogP contribution in [0.25, 0.3) is 0 Å². The molecular weight excluding hydrogens is 327 g/mol. The highest BCUT2D eigenvalue weighted by atomic mass is 32.1. The standard InChI is InChI=1S/C16H22F3NO2S/c17-16(18,19)15(22)8-10-20(11-9-15)14(21)7-3-1-2-5-13-6-4-12-23-13/h4,6,12,22H,1-3,5,7-11H2. The molecule has 2 heterocycles. The minimum Gasteiger partial charge on any atom is -0.380 e. The lowest BCUT2D eigenvalue weighted by molar-refractivity contribution is -0.272. The van der Waals surface area contributed by atoms with Gasteiger partial charge in [0.15, 0.2) is 5.60 Å². The number of halogens is 3. The number of alkyl halides is 3. The Labute approximate surface area is 138 Å². The number of aliphatic hydroxyl groups is 1. The van der Waals surface area contributed by atoms with E-state index in [1.54, 1.807) is 11.3 Å². The number of thiophene rings is 1. The Kier molecular flexibility index (Phi) is 6.08. The Morgan fingerprint density at radius 1 is 1.26 bits per heavy atom. The average Bonchev–Trinajstić information content (AvgIpc) is 2.99. The van der Waals surface area contributed by atoms with Crippen LogP contribution in [0.2, 0.25) is 0 Å². The molecule has 0 radical (unpaired) electrons. The summed E-state index contributed by atoms with van der Waals surface area (Å²) < 4.78 is 38.1. The van der Waals surface area contributed by atoms with Crippen molar-refractivity contribution in [2.45, 2.75) is 56.7 Å². The third-order valence-electron chi connectivity index (χ3n) is 4.36. The fourth-order valence-electron chi connectivity index (χ4n) is 2.77. The van der Waals surface area contributed by atoms with Gasteiger partial charge < -0.3 is 10.0 Å². The van der Waals surface area contributed by atoms with Gasteiger partial charge in [0.25, 0.3) is 0 Å². The van der Waals surface area contributed by atoms with E-state index in [1.165, 1.54) is 9.78 Å². The predicted molar refractivity (Wildman–Crippen MR) is 83.3 cm³/mol. The van der Waals surface area contributed by atoms with Gasteiger partial charge in [-0.1, -0.05) is 12.5 Å². The van der Waals surface area contributed by atoms with E-state index in [1.807, 2.05) is 11.4 Å². The van der Waals surface area contributed by atoms with Gasteiger partial charge in [-0.25, -0.2) is 0 Å². The molecule has 1 aliphatic heterocycles. The largest absolute Gasteiger partial charge is 0.417 e. The summed E-state index contributed by atoms with van der Waals surface area (Å²) in [5, 5.41) is 11.6. The first kappa shape index (κ1) is 18.3. The average molecular weight is 349 g/mol. The van der Waals surface area contributed by atoms with Gasteiger partial charge in [-0.15, -0.1) is 11.3 Å². The molecule has 1 N–H and O–H groups in total. The fourth-order valence-corrected chi connectivity index (χ4v) is 3.53. The molecule has 2 rings (SSSR count). The van der Waals surface area contributed by atoms with Crippen LogP contribution in [0.1, 0.15) is 43.4 Å². The summed E-state index contributed by atoms with van der Waals surface area (Å²) in [6, 6.07) is 4.10. The molecule has 1 saturated heterocycles. The zero-order chi connectivity index (χ0) is 16.9. The smallest absolute Gasteiger partial charge is 0.380 e. The molecule has 7 heteroatoms. The van der Waals surface area contributed by atoms with Crippen LogP contribution in [-0.4, -0.2) is 40.8 Å². The van der Waals surface area contributed by atoms with E-state index in [9.17, 15) is 23.1 Å². The number of hydrogen-bond acceptors (Lipinski definition) is 3. The quantitative estimate of drug-likeness (QED) is 0.794. The van der Waals surface area contributed by atoms with Gasteiger partial charge in [-0.05, 0) is 30.7 Å². The molecule has 0 unspecified atom stereocenters. The molecule has 1 amide bonds. The summed E-state index contributed by atoms with van der Waals surface area (Å²) in [6.45, 7) is -0.0475. The Bertz CT molecular complexity index is 494. The maximum atomic E-state index is 12.7. The van der Waals surface area contributed by atoms with Gasteiger partial charge in [-0.3, -0.25) is 4.79 Å². The van der Waals surface area contributed by atoms with E-state index < -0.39 is 24.6 Å². The molecule has 0 saturated carbocycles. The number of rotatable bonds is 6. The normalized spacial score (nSPS) is 18.2. The summed E-state index contributed by atoms with van der Waals surface area (Å²) in [5.41, 5.74) is -2.63. The van der Waals surface area contributed by atoms with Crippen molar-refractivity contribution in [3.63, 3.8) is 0 Å². The van der Waals surface area contributed by atoms with Crippen LogP contribution < -0.4 is 0 Å². The Morgan fingerprint density at radius 2 is 1.96 bits per heavy atom. The molecule has 0 atom stereocenters. The van der Waals surface area contributed by atoms with Crippen molar-refractivity contribution in [2.75, 3.05) is 13.1 Å². The maximum absolute atomic E-state index is 12.7. The highest BCUT2D eigenvalue weighted by Gasteiger charge is 2.54. The number of aryl methyl sites for hydroxylation is 1. The number of amides is 1. The Balaban J connectivity index is 1.63. The van der Waals surface area contributed by atoms with Gasteiger partial charge in [-0.2, -0.15) is 13.2 Å². The van der Waals surface area contributed by atoms with Crippen LogP contribution in [0.3, 0.4) is 0 Å². The third-order valence-corrected chi connectivity index (χ3v) is 5.30. The van der Waals surface area contributed by atoms with Crippen LogP contribution in [-0.2, 0) is 11.2 Å². The molecular formula is C16H22F3NO2S. The monoisotopic (exact) mass is 349 g/mol. The van der Waals surface area contributed by atoms with Crippen LogP contribution >= 0.6 is 11.3 Å². The lowest BCUT2D eigenvalue weighted by Gasteiger charge is -2.39. The lowest BCUT2D eigenvalue weighted by atomic mass is 9.90. The molecule has 0 aromatic carbocycles. The van der Waals surface area contributed by atoms with Gasteiger partial charge in [0.2, 0.25) is 5.91 Å². The van der Waals surface area contributed by atoms with Crippen molar-refractivity contribution in [1.82, 2.24) is 4.90 Å². The summed E-state index contributed by atoms with van der Waals surface area (Å²) in [7, 11) is 0. The zero-order valence-corrected chi connectivity index (χ0v) is 13.8. The Hall–Kier alpha value is -1.08. The van der Waals surface area contributed by atoms with E-state index in [4.69, 9.17) is 0 Å². The molecule has 23 heavy (non-hydrogen) atoms. The number of carbonyl (C=O) groups is 1. The van der Waals surface area contributed by atoms with E-state index in [-0.39, 0.29) is 19.0 Å². The minimum absolute atomic E-state index is 0.0238. The molecule has 0 bridgehead atoms. The first-order chi connectivity index (χ1) is 10.8. The van der Waals surface area contributed by atoms with Gasteiger partial charge in [0.05, 0.1) is 0 Å². The predicted octanol–water partition coefficient (Wildman–Crippen LogP) is 3.77. The van der Waals surface area contributed by atoms with Crippen molar-refractivity contribution < 1.29 is 23.1 Å². The number of carbonyl (C=O) groups excluding carboxylic acids is 1. The van der Waals surface area contributed by atoms with E-state index in [0.29, 0.717) is 6.42 Å². The van der Waals surface area contributed by atoms with Crippen LogP contribution in [0, 0.1) is 0 Å². The molecule has 1 aromatic rings. The van der Waals surface area contributed by atoms with Crippen molar-refractivity contribution in [2.24, 2.45) is 0 Å². The molecule has 1 fully saturated rings. The van der Waals surface area contributed by atoms with E-state index in [2.05, 4.69) is 6.07 Å². The maximum Gasteiger partial charge on any atom is 0.417 e. The Morgan fingerprint density at radius 3 is 2.52 bits per heavy atom. The molecule has 1 aromatic heterocycles. The van der Waals surface area contributed by atoms with E-state index >= 15 is 0 Å². The SMILES string of the molecule is O=C(CCCCCc1cccs1)N1CCC(O)(C(F)(F)F)CC1. The zero-order valence-electron chi connectivity index (χ0n) is 12.9. The summed E-state index contributed by atoms with van der Waals surface area (Å²) in [4.78, 5) is 14.8. The minimum atomic E-state index is -4.62. The van der Waals surface area contributed by atoms with Gasteiger partial charge in [0, 0.05) is 37.2 Å². The fraction of sp³-hybridized carbons (Fsp3) is 0.688. The first-order valence-corrected chi connectivity index (χ1v) is 8.79. The van der Waals surface area contributed by atoms with Crippen LogP contribution in [0.15, 0.2) is 17.5 Å². The van der Waals surface area contributed by atoms with Crippen molar-refractivity contribution >= 4 is 17.2 Å². The summed E-state index contributed by atoms with van der Waals surface area (Å²) in [6.07, 6.45) is -1.40. The first-order valence-electron chi connectivity index (χ1n) is 7.91. The molecule has 3 nitrogen and oxygen atoms in total. The second-order valence-electron chi connectivity index (χ2n) is 6.05. The highest BCUT2D eigenvalue weighted by Crippen LogP contribution is 2.38.